The summed E-state index contributed by atoms with van der Waals surface area (Å²) in [6.45, 7) is 3.24. The lowest BCUT2D eigenvalue weighted by Gasteiger charge is -2.28. The predicted molar refractivity (Wildman–Crippen MR) is 80.6 cm³/mol. The quantitative estimate of drug-likeness (QED) is 0.839. The number of halogens is 2. The van der Waals surface area contributed by atoms with Crippen LogP contribution >= 0.6 is 23.2 Å². The average molecular weight is 334 g/mol. The molecule has 7 heteroatoms. The summed E-state index contributed by atoms with van der Waals surface area (Å²) in [5, 5.41) is 12.5. The number of ether oxygens (including phenoxy) is 1. The van der Waals surface area contributed by atoms with Crippen molar-refractivity contribution in [2.24, 2.45) is 5.92 Å². The van der Waals surface area contributed by atoms with E-state index in [4.69, 9.17) is 27.9 Å². The molecule has 0 radical (unpaired) electrons. The fourth-order valence-corrected chi connectivity index (χ4v) is 2.05. The van der Waals surface area contributed by atoms with Crippen molar-refractivity contribution >= 4 is 35.1 Å². The number of hydrogen-bond donors (Lipinski definition) is 2. The van der Waals surface area contributed by atoms with Gasteiger partial charge < -0.3 is 15.2 Å². The number of amides is 1. The third-order valence-corrected chi connectivity index (χ3v) is 3.90. The van der Waals surface area contributed by atoms with Crippen LogP contribution in [0.4, 0.5) is 0 Å². The highest BCUT2D eigenvalue weighted by Gasteiger charge is 2.38. The Labute approximate surface area is 133 Å². The maximum atomic E-state index is 12.1. The molecule has 2 unspecified atom stereocenters. The van der Waals surface area contributed by atoms with E-state index in [0.717, 1.165) is 0 Å². The Bertz CT molecular complexity index is 550. The van der Waals surface area contributed by atoms with E-state index in [9.17, 15) is 14.7 Å². The smallest absolute Gasteiger partial charge is 0.333 e. The lowest BCUT2D eigenvalue weighted by Crippen LogP contribution is -2.51. The maximum Gasteiger partial charge on any atom is 0.333 e. The molecular weight excluding hydrogens is 317 g/mol. The van der Waals surface area contributed by atoms with Gasteiger partial charge in [0, 0.05) is 7.11 Å². The van der Waals surface area contributed by atoms with Crippen molar-refractivity contribution in [3.05, 3.63) is 33.8 Å². The van der Waals surface area contributed by atoms with Crippen LogP contribution in [0.25, 0.3) is 0 Å². The third-order valence-electron chi connectivity index (χ3n) is 3.16. The first-order valence-electron chi connectivity index (χ1n) is 6.22. The van der Waals surface area contributed by atoms with Crippen LogP contribution in [-0.2, 0) is 19.9 Å². The molecule has 1 rings (SSSR count). The van der Waals surface area contributed by atoms with E-state index >= 15 is 0 Å². The van der Waals surface area contributed by atoms with Gasteiger partial charge in [-0.1, -0.05) is 36.2 Å². The number of carbonyl (C=O) groups is 2. The van der Waals surface area contributed by atoms with Gasteiger partial charge >= 0.3 is 5.97 Å². The monoisotopic (exact) mass is 333 g/mol. The van der Waals surface area contributed by atoms with Crippen molar-refractivity contribution in [1.82, 2.24) is 5.32 Å². The van der Waals surface area contributed by atoms with Crippen molar-refractivity contribution in [1.29, 1.82) is 0 Å². The molecular formula is C14H17Cl2NO4. The number of nitrogens with one attached hydrogen (secondary N) is 1. The molecule has 5 nitrogen and oxygen atoms in total. The van der Waals surface area contributed by atoms with Crippen LogP contribution in [0.15, 0.2) is 18.2 Å². The molecule has 1 aromatic rings. The highest BCUT2D eigenvalue weighted by molar-refractivity contribution is 6.42. The number of carbonyl (C=O) groups excluding carboxylic acids is 1. The van der Waals surface area contributed by atoms with Crippen molar-refractivity contribution in [2.45, 2.75) is 19.4 Å². The van der Waals surface area contributed by atoms with Gasteiger partial charge in [0.25, 0.3) is 0 Å². The summed E-state index contributed by atoms with van der Waals surface area (Å²) in [4.78, 5) is 23.7. The normalized spacial score (nSPS) is 15.1. The number of methoxy groups -OCH3 is 1. The van der Waals surface area contributed by atoms with Gasteiger partial charge in [-0.25, -0.2) is 4.79 Å². The predicted octanol–water partition coefficient (Wildman–Crippen LogP) is 2.69. The Kier molecular flexibility index (Phi) is 6.01. The summed E-state index contributed by atoms with van der Waals surface area (Å²) < 4.78 is 4.89. The summed E-state index contributed by atoms with van der Waals surface area (Å²) in [6, 6.07) is 4.44. The van der Waals surface area contributed by atoms with Crippen LogP contribution in [0, 0.1) is 5.92 Å². The Balaban J connectivity index is 3.11. The zero-order valence-corrected chi connectivity index (χ0v) is 13.5. The molecule has 0 saturated carbocycles. The number of carboxylic acid groups (broad SMARTS) is 1. The van der Waals surface area contributed by atoms with Gasteiger partial charge in [-0.3, -0.25) is 4.79 Å². The van der Waals surface area contributed by atoms with E-state index in [1.165, 1.54) is 32.2 Å². The molecule has 0 aliphatic carbocycles. The highest BCUT2D eigenvalue weighted by atomic mass is 35.5. The van der Waals surface area contributed by atoms with Gasteiger partial charge in [0.15, 0.2) is 5.54 Å². The molecule has 1 aromatic carbocycles. The number of carboxylic acids is 1. The number of aliphatic carboxylic acids is 1. The molecule has 21 heavy (non-hydrogen) atoms. The van der Waals surface area contributed by atoms with E-state index in [2.05, 4.69) is 5.32 Å². The molecule has 116 valence electrons. The zero-order chi connectivity index (χ0) is 16.2. The second-order valence-corrected chi connectivity index (χ2v) is 5.72. The molecule has 0 aliphatic heterocycles. The van der Waals surface area contributed by atoms with Gasteiger partial charge in [0.1, 0.15) is 0 Å². The fraction of sp³-hybridized carbons (Fsp3) is 0.429. The first-order valence-corrected chi connectivity index (χ1v) is 6.97. The molecule has 0 spiro atoms. The van der Waals surface area contributed by atoms with Crippen LogP contribution in [0.3, 0.4) is 0 Å². The lowest BCUT2D eigenvalue weighted by atomic mass is 9.91. The van der Waals surface area contributed by atoms with Gasteiger partial charge in [0.05, 0.1) is 22.6 Å². The van der Waals surface area contributed by atoms with Crippen molar-refractivity contribution in [3.63, 3.8) is 0 Å². The molecule has 0 aliphatic rings. The van der Waals surface area contributed by atoms with E-state index in [1.807, 2.05) is 0 Å². The molecule has 0 heterocycles. The number of hydrogen-bond acceptors (Lipinski definition) is 3. The fourth-order valence-electron chi connectivity index (χ4n) is 1.75. The van der Waals surface area contributed by atoms with E-state index < -0.39 is 23.3 Å². The summed E-state index contributed by atoms with van der Waals surface area (Å²) in [6.07, 6.45) is 0. The topological polar surface area (TPSA) is 75.6 Å². The molecule has 1 amide bonds. The largest absolute Gasteiger partial charge is 0.479 e. The Morgan fingerprint density at radius 1 is 1.38 bits per heavy atom. The van der Waals surface area contributed by atoms with Crippen LogP contribution in [0.2, 0.25) is 10.0 Å². The van der Waals surface area contributed by atoms with Gasteiger partial charge in [-0.2, -0.15) is 0 Å². The standard InChI is InChI=1S/C14H17Cl2NO4/c1-8(7-21-3)12(18)17-14(2,13(19)20)9-4-5-10(15)11(16)6-9/h4-6,8H,7H2,1-3H3,(H,17,18)(H,19,20). The number of benzene rings is 1. The first kappa shape index (κ1) is 17.8. The van der Waals surface area contributed by atoms with Crippen molar-refractivity contribution < 1.29 is 19.4 Å². The molecule has 0 aromatic heterocycles. The Hall–Kier alpha value is -1.30. The van der Waals surface area contributed by atoms with E-state index in [1.54, 1.807) is 6.92 Å². The Morgan fingerprint density at radius 3 is 2.48 bits per heavy atom. The minimum atomic E-state index is -1.60. The summed E-state index contributed by atoms with van der Waals surface area (Å²) >= 11 is 11.7. The minimum Gasteiger partial charge on any atom is -0.479 e. The lowest BCUT2D eigenvalue weighted by molar-refractivity contribution is -0.148. The average Bonchev–Trinajstić information content (AvgIpc) is 2.41. The SMILES string of the molecule is COCC(C)C(=O)NC(C)(C(=O)O)c1ccc(Cl)c(Cl)c1. The van der Waals surface area contributed by atoms with Crippen LogP contribution < -0.4 is 5.32 Å². The van der Waals surface area contributed by atoms with Crippen molar-refractivity contribution in [3.8, 4) is 0 Å². The molecule has 0 bridgehead atoms. The van der Waals surface area contributed by atoms with Gasteiger partial charge in [-0.15, -0.1) is 0 Å². The van der Waals surface area contributed by atoms with E-state index in [0.29, 0.717) is 10.6 Å². The maximum absolute atomic E-state index is 12.1. The minimum absolute atomic E-state index is 0.197. The number of rotatable bonds is 6. The Morgan fingerprint density at radius 2 is 2.00 bits per heavy atom. The summed E-state index contributed by atoms with van der Waals surface area (Å²) in [5.74, 6) is -2.09. The molecule has 0 fully saturated rings. The summed E-state index contributed by atoms with van der Waals surface area (Å²) in [7, 11) is 1.47. The van der Waals surface area contributed by atoms with E-state index in [-0.39, 0.29) is 11.6 Å². The highest BCUT2D eigenvalue weighted by Crippen LogP contribution is 2.29. The molecule has 2 atom stereocenters. The van der Waals surface area contributed by atoms with Crippen LogP contribution in [0.5, 0.6) is 0 Å². The molecule has 2 N–H and O–H groups in total. The van der Waals surface area contributed by atoms with Crippen LogP contribution in [0.1, 0.15) is 19.4 Å². The zero-order valence-electron chi connectivity index (χ0n) is 11.9. The van der Waals surface area contributed by atoms with Crippen molar-refractivity contribution in [2.75, 3.05) is 13.7 Å². The van der Waals surface area contributed by atoms with Gasteiger partial charge in [0.2, 0.25) is 5.91 Å². The second-order valence-electron chi connectivity index (χ2n) is 4.90. The van der Waals surface area contributed by atoms with Crippen LogP contribution in [-0.4, -0.2) is 30.7 Å². The summed E-state index contributed by atoms with van der Waals surface area (Å²) in [5.41, 5.74) is -1.27. The first-order chi connectivity index (χ1) is 9.72. The molecule has 0 saturated heterocycles. The van der Waals surface area contributed by atoms with Gasteiger partial charge in [-0.05, 0) is 24.6 Å². The second kappa shape index (κ2) is 7.11. The third kappa shape index (κ3) is 4.09.